The standard InChI is InChI=1S/C12H15NO3/c1-2-7-3-4-10-8(5-7)6-9(12(15)16)11(14)13-10/h6-7H,2-5H2,1H3,(H,13,14)(H,15,16)/t7-/m0/s1. The third kappa shape index (κ3) is 1.87. The van der Waals surface area contributed by atoms with Crippen molar-refractivity contribution in [1.29, 1.82) is 0 Å². The van der Waals surface area contributed by atoms with Gasteiger partial charge in [-0.1, -0.05) is 13.3 Å². The van der Waals surface area contributed by atoms with Crippen LogP contribution in [0.5, 0.6) is 0 Å². The van der Waals surface area contributed by atoms with Crippen molar-refractivity contribution in [2.45, 2.75) is 32.6 Å². The Balaban J connectivity index is 2.44. The maximum absolute atomic E-state index is 11.4. The molecule has 0 saturated carbocycles. The number of aromatic amines is 1. The molecule has 0 radical (unpaired) electrons. The van der Waals surface area contributed by atoms with E-state index in [1.807, 2.05) is 0 Å². The summed E-state index contributed by atoms with van der Waals surface area (Å²) in [6.45, 7) is 2.14. The highest BCUT2D eigenvalue weighted by Gasteiger charge is 2.20. The summed E-state index contributed by atoms with van der Waals surface area (Å²) in [5.41, 5.74) is 1.28. The molecule has 0 fully saturated rings. The molecule has 2 rings (SSSR count). The van der Waals surface area contributed by atoms with E-state index in [1.165, 1.54) is 0 Å². The molecule has 1 aromatic heterocycles. The first-order chi connectivity index (χ1) is 7.61. The number of hydrogen-bond acceptors (Lipinski definition) is 2. The SMILES string of the molecule is CC[C@H]1CCc2[nH]c(=O)c(C(=O)O)cc2C1. The van der Waals surface area contributed by atoms with Gasteiger partial charge >= 0.3 is 5.97 Å². The van der Waals surface area contributed by atoms with Gasteiger partial charge in [0.15, 0.2) is 0 Å². The van der Waals surface area contributed by atoms with E-state index in [9.17, 15) is 9.59 Å². The molecule has 1 aromatic rings. The van der Waals surface area contributed by atoms with Crippen molar-refractivity contribution in [2.24, 2.45) is 5.92 Å². The van der Waals surface area contributed by atoms with Gasteiger partial charge < -0.3 is 10.1 Å². The lowest BCUT2D eigenvalue weighted by Gasteiger charge is -2.23. The Kier molecular flexibility index (Phi) is 2.81. The Morgan fingerprint density at radius 1 is 1.62 bits per heavy atom. The fraction of sp³-hybridized carbons (Fsp3) is 0.500. The van der Waals surface area contributed by atoms with Crippen molar-refractivity contribution in [3.05, 3.63) is 33.2 Å². The number of rotatable bonds is 2. The number of aromatic nitrogens is 1. The summed E-state index contributed by atoms with van der Waals surface area (Å²) in [4.78, 5) is 25.0. The number of carboxylic acid groups (broad SMARTS) is 1. The van der Waals surface area contributed by atoms with E-state index in [2.05, 4.69) is 11.9 Å². The van der Waals surface area contributed by atoms with Crippen molar-refractivity contribution in [1.82, 2.24) is 4.98 Å². The predicted molar refractivity (Wildman–Crippen MR) is 59.8 cm³/mol. The average molecular weight is 221 g/mol. The van der Waals surface area contributed by atoms with Gasteiger partial charge in [0.1, 0.15) is 5.56 Å². The summed E-state index contributed by atoms with van der Waals surface area (Å²) < 4.78 is 0. The number of carbonyl (C=O) groups is 1. The molecule has 0 bridgehead atoms. The van der Waals surface area contributed by atoms with Crippen LogP contribution in [-0.2, 0) is 12.8 Å². The normalized spacial score (nSPS) is 19.2. The Morgan fingerprint density at radius 2 is 2.38 bits per heavy atom. The van der Waals surface area contributed by atoms with Crippen LogP contribution in [0, 0.1) is 5.92 Å². The minimum Gasteiger partial charge on any atom is -0.477 e. The van der Waals surface area contributed by atoms with Gasteiger partial charge in [0, 0.05) is 5.69 Å². The molecule has 2 N–H and O–H groups in total. The maximum Gasteiger partial charge on any atom is 0.341 e. The number of hydrogen-bond donors (Lipinski definition) is 2. The van der Waals surface area contributed by atoms with Crippen LogP contribution >= 0.6 is 0 Å². The molecule has 0 unspecified atom stereocenters. The Labute approximate surface area is 93.3 Å². The van der Waals surface area contributed by atoms with Crippen molar-refractivity contribution in [3.8, 4) is 0 Å². The van der Waals surface area contributed by atoms with Crippen LogP contribution < -0.4 is 5.56 Å². The molecule has 1 aliphatic carbocycles. The predicted octanol–water partition coefficient (Wildman–Crippen LogP) is 1.59. The zero-order chi connectivity index (χ0) is 11.7. The highest BCUT2D eigenvalue weighted by molar-refractivity contribution is 5.87. The minimum absolute atomic E-state index is 0.143. The van der Waals surface area contributed by atoms with Gasteiger partial charge in [-0.15, -0.1) is 0 Å². The van der Waals surface area contributed by atoms with Crippen LogP contribution in [-0.4, -0.2) is 16.1 Å². The second-order valence-corrected chi connectivity index (χ2v) is 4.34. The average Bonchev–Trinajstić information content (AvgIpc) is 2.27. The molecule has 0 spiro atoms. The Bertz CT molecular complexity index is 476. The van der Waals surface area contributed by atoms with Crippen LogP contribution in [0.25, 0.3) is 0 Å². The van der Waals surface area contributed by atoms with E-state index < -0.39 is 11.5 Å². The largest absolute Gasteiger partial charge is 0.477 e. The van der Waals surface area contributed by atoms with Crippen LogP contribution in [0.3, 0.4) is 0 Å². The molecule has 1 atom stereocenters. The van der Waals surface area contributed by atoms with Gasteiger partial charge in [-0.3, -0.25) is 4.79 Å². The molecule has 0 aromatic carbocycles. The van der Waals surface area contributed by atoms with Gasteiger partial charge in [-0.25, -0.2) is 4.79 Å². The quantitative estimate of drug-likeness (QED) is 0.796. The summed E-state index contributed by atoms with van der Waals surface area (Å²) in [5, 5.41) is 8.87. The number of fused-ring (bicyclic) bond motifs is 1. The molecule has 4 heteroatoms. The molecule has 0 amide bonds. The zero-order valence-electron chi connectivity index (χ0n) is 9.25. The lowest BCUT2D eigenvalue weighted by molar-refractivity contribution is 0.0694. The second-order valence-electron chi connectivity index (χ2n) is 4.34. The molecular formula is C12H15NO3. The van der Waals surface area contributed by atoms with E-state index in [4.69, 9.17) is 5.11 Å². The first kappa shape index (κ1) is 10.9. The molecule has 0 saturated heterocycles. The fourth-order valence-electron chi connectivity index (χ4n) is 2.29. The Hall–Kier alpha value is -1.58. The van der Waals surface area contributed by atoms with Crippen LogP contribution in [0.4, 0.5) is 0 Å². The van der Waals surface area contributed by atoms with E-state index >= 15 is 0 Å². The number of aromatic carboxylic acids is 1. The summed E-state index contributed by atoms with van der Waals surface area (Å²) in [5.74, 6) is -0.539. The zero-order valence-corrected chi connectivity index (χ0v) is 9.25. The molecule has 4 nitrogen and oxygen atoms in total. The highest BCUT2D eigenvalue weighted by Crippen LogP contribution is 2.25. The van der Waals surface area contributed by atoms with Gasteiger partial charge in [-0.05, 0) is 36.8 Å². The first-order valence-corrected chi connectivity index (χ1v) is 5.60. The van der Waals surface area contributed by atoms with E-state index in [0.29, 0.717) is 5.92 Å². The van der Waals surface area contributed by atoms with E-state index in [-0.39, 0.29) is 5.56 Å². The summed E-state index contributed by atoms with van der Waals surface area (Å²) in [7, 11) is 0. The summed E-state index contributed by atoms with van der Waals surface area (Å²) in [6.07, 6.45) is 3.90. The van der Waals surface area contributed by atoms with E-state index in [0.717, 1.165) is 36.9 Å². The third-order valence-corrected chi connectivity index (χ3v) is 3.33. The third-order valence-electron chi connectivity index (χ3n) is 3.33. The number of H-pyrrole nitrogens is 1. The topological polar surface area (TPSA) is 70.2 Å². The smallest absolute Gasteiger partial charge is 0.341 e. The summed E-state index contributed by atoms with van der Waals surface area (Å²) in [6, 6.07) is 1.54. The molecule has 86 valence electrons. The summed E-state index contributed by atoms with van der Waals surface area (Å²) >= 11 is 0. The van der Waals surface area contributed by atoms with Crippen LogP contribution in [0.1, 0.15) is 41.4 Å². The van der Waals surface area contributed by atoms with Gasteiger partial charge in [0.2, 0.25) is 0 Å². The first-order valence-electron chi connectivity index (χ1n) is 5.60. The lowest BCUT2D eigenvalue weighted by Crippen LogP contribution is -2.24. The molecule has 16 heavy (non-hydrogen) atoms. The molecule has 1 aliphatic rings. The van der Waals surface area contributed by atoms with Gasteiger partial charge in [-0.2, -0.15) is 0 Å². The van der Waals surface area contributed by atoms with Gasteiger partial charge in [0.25, 0.3) is 5.56 Å². The number of aryl methyl sites for hydroxylation is 1. The fourth-order valence-corrected chi connectivity index (χ4v) is 2.29. The van der Waals surface area contributed by atoms with Crippen molar-refractivity contribution < 1.29 is 9.90 Å². The van der Waals surface area contributed by atoms with Crippen molar-refractivity contribution in [2.75, 3.05) is 0 Å². The van der Waals surface area contributed by atoms with Crippen molar-refractivity contribution >= 4 is 5.97 Å². The monoisotopic (exact) mass is 221 g/mol. The number of carboxylic acids is 1. The second kappa shape index (κ2) is 4.12. The molecular weight excluding hydrogens is 206 g/mol. The minimum atomic E-state index is -1.15. The molecule has 0 aliphatic heterocycles. The number of nitrogens with one attached hydrogen (secondary N) is 1. The van der Waals surface area contributed by atoms with E-state index in [1.54, 1.807) is 6.07 Å². The van der Waals surface area contributed by atoms with Crippen LogP contribution in [0.15, 0.2) is 10.9 Å². The van der Waals surface area contributed by atoms with Gasteiger partial charge in [0.05, 0.1) is 0 Å². The maximum atomic E-state index is 11.4. The van der Waals surface area contributed by atoms with Crippen molar-refractivity contribution in [3.63, 3.8) is 0 Å². The number of pyridine rings is 1. The molecule has 1 heterocycles. The lowest BCUT2D eigenvalue weighted by atomic mass is 9.84. The highest BCUT2D eigenvalue weighted by atomic mass is 16.4. The Morgan fingerprint density at radius 3 is 3.00 bits per heavy atom. The van der Waals surface area contributed by atoms with Crippen LogP contribution in [0.2, 0.25) is 0 Å².